The molecule has 0 saturated heterocycles. The Labute approximate surface area is 65.4 Å². The molecule has 0 aliphatic heterocycles. The summed E-state index contributed by atoms with van der Waals surface area (Å²) >= 11 is 5.64. The van der Waals surface area contributed by atoms with Crippen molar-refractivity contribution in [1.82, 2.24) is 4.98 Å². The third kappa shape index (κ3) is 1.58. The minimum atomic E-state index is 0.514. The zero-order valence-corrected chi connectivity index (χ0v) is 6.52. The fraction of sp³-hybridized carbons (Fsp3) is 0.125. The molecule has 1 aromatic rings. The average Bonchev–Trinajstić information content (AvgIpc) is 1.88. The summed E-state index contributed by atoms with van der Waals surface area (Å²) in [5.74, 6) is 0. The molecule has 0 radical (unpaired) electrons. The first-order valence-electron chi connectivity index (χ1n) is 2.98. The Kier molecular flexibility index (Phi) is 2.07. The number of pyridine rings is 1. The van der Waals surface area contributed by atoms with E-state index in [1.807, 2.05) is 19.1 Å². The quantitative estimate of drug-likeness (QED) is 0.566. The molecule has 1 nitrogen and oxygen atoms in total. The van der Waals surface area contributed by atoms with Gasteiger partial charge in [-0.15, -0.1) is 0 Å². The predicted molar refractivity (Wildman–Crippen MR) is 44.0 cm³/mol. The number of hydrogen-bond donors (Lipinski definition) is 0. The van der Waals surface area contributed by atoms with Gasteiger partial charge in [0, 0.05) is 0 Å². The van der Waals surface area contributed by atoms with Crippen LogP contribution in [0, 0.1) is 0 Å². The van der Waals surface area contributed by atoms with Gasteiger partial charge in [-0.2, -0.15) is 0 Å². The maximum Gasteiger partial charge on any atom is 0.129 e. The lowest BCUT2D eigenvalue weighted by atomic mass is 10.2. The molecule has 1 heterocycles. The number of hydrogen-bond acceptors (Lipinski definition) is 1. The first-order chi connectivity index (χ1) is 4.70. The molecule has 0 saturated carbocycles. The molecule has 10 heavy (non-hydrogen) atoms. The van der Waals surface area contributed by atoms with Gasteiger partial charge in [-0.25, -0.2) is 4.98 Å². The fourth-order valence-corrected chi connectivity index (χ4v) is 0.810. The van der Waals surface area contributed by atoms with Crippen LogP contribution in [0.2, 0.25) is 5.15 Å². The minimum absolute atomic E-state index is 0.514. The summed E-state index contributed by atoms with van der Waals surface area (Å²) in [6.45, 7) is 5.65. The summed E-state index contributed by atoms with van der Waals surface area (Å²) in [6, 6.07) is 5.49. The monoisotopic (exact) mass is 153 g/mol. The van der Waals surface area contributed by atoms with Gasteiger partial charge < -0.3 is 0 Å². The van der Waals surface area contributed by atoms with Crippen LogP contribution in [-0.2, 0) is 0 Å². The van der Waals surface area contributed by atoms with Gasteiger partial charge in [-0.05, 0) is 24.6 Å². The normalized spacial score (nSPS) is 9.40. The van der Waals surface area contributed by atoms with Crippen LogP contribution in [0.5, 0.6) is 0 Å². The van der Waals surface area contributed by atoms with Crippen molar-refractivity contribution in [3.8, 4) is 0 Å². The van der Waals surface area contributed by atoms with E-state index in [4.69, 9.17) is 11.6 Å². The highest BCUT2D eigenvalue weighted by molar-refractivity contribution is 6.29. The number of nitrogens with zero attached hydrogens (tertiary/aromatic N) is 1. The second-order valence-corrected chi connectivity index (χ2v) is 2.51. The third-order valence-corrected chi connectivity index (χ3v) is 1.36. The van der Waals surface area contributed by atoms with Gasteiger partial charge in [0.1, 0.15) is 5.15 Å². The van der Waals surface area contributed by atoms with E-state index in [9.17, 15) is 0 Å². The molecule has 0 aliphatic rings. The first kappa shape index (κ1) is 7.29. The summed E-state index contributed by atoms with van der Waals surface area (Å²) in [6.07, 6.45) is 0. The average molecular weight is 154 g/mol. The number of rotatable bonds is 1. The van der Waals surface area contributed by atoms with Gasteiger partial charge in [0.2, 0.25) is 0 Å². The van der Waals surface area contributed by atoms with Crippen molar-refractivity contribution in [3.63, 3.8) is 0 Å². The Morgan fingerprint density at radius 2 is 2.30 bits per heavy atom. The van der Waals surface area contributed by atoms with E-state index >= 15 is 0 Å². The van der Waals surface area contributed by atoms with E-state index < -0.39 is 0 Å². The zero-order valence-electron chi connectivity index (χ0n) is 5.76. The van der Waals surface area contributed by atoms with Crippen LogP contribution in [0.15, 0.2) is 24.8 Å². The molecule has 0 bridgehead atoms. The van der Waals surface area contributed by atoms with Crippen LogP contribution < -0.4 is 0 Å². The Morgan fingerprint density at radius 3 is 2.70 bits per heavy atom. The molecular weight excluding hydrogens is 146 g/mol. The van der Waals surface area contributed by atoms with E-state index in [0.717, 1.165) is 11.3 Å². The summed E-state index contributed by atoms with van der Waals surface area (Å²) < 4.78 is 0. The summed E-state index contributed by atoms with van der Waals surface area (Å²) in [4.78, 5) is 4.04. The van der Waals surface area contributed by atoms with Crippen molar-refractivity contribution < 1.29 is 0 Å². The zero-order chi connectivity index (χ0) is 7.56. The van der Waals surface area contributed by atoms with Gasteiger partial charge in [0.25, 0.3) is 0 Å². The maximum atomic E-state index is 5.64. The molecule has 1 aromatic heterocycles. The largest absolute Gasteiger partial charge is 0.236 e. The van der Waals surface area contributed by atoms with E-state index in [1.165, 1.54) is 0 Å². The van der Waals surface area contributed by atoms with Gasteiger partial charge in [-0.3, -0.25) is 0 Å². The van der Waals surface area contributed by atoms with Gasteiger partial charge in [-0.1, -0.05) is 24.2 Å². The highest BCUT2D eigenvalue weighted by atomic mass is 35.5. The van der Waals surface area contributed by atoms with E-state index in [1.54, 1.807) is 6.07 Å². The maximum absolute atomic E-state index is 5.64. The Balaban J connectivity index is 3.07. The van der Waals surface area contributed by atoms with Crippen LogP contribution in [0.4, 0.5) is 0 Å². The van der Waals surface area contributed by atoms with Crippen molar-refractivity contribution in [2.45, 2.75) is 6.92 Å². The lowest BCUT2D eigenvalue weighted by Gasteiger charge is -1.96. The van der Waals surface area contributed by atoms with Crippen LogP contribution in [0.25, 0.3) is 5.57 Å². The summed E-state index contributed by atoms with van der Waals surface area (Å²) in [5.41, 5.74) is 1.79. The molecule has 0 aromatic carbocycles. The standard InChI is InChI=1S/C8H8ClN/c1-6(2)7-4-3-5-8(9)10-7/h3-5H,1H2,2H3. The van der Waals surface area contributed by atoms with E-state index in [0.29, 0.717) is 5.15 Å². The molecule has 0 amide bonds. The number of halogens is 1. The molecule has 1 rings (SSSR count). The lowest BCUT2D eigenvalue weighted by Crippen LogP contribution is -1.83. The Bertz CT molecular complexity index is 255. The van der Waals surface area contributed by atoms with Crippen molar-refractivity contribution >= 4 is 17.2 Å². The number of allylic oxidation sites excluding steroid dienone is 1. The van der Waals surface area contributed by atoms with Crippen molar-refractivity contribution in [2.24, 2.45) is 0 Å². The third-order valence-electron chi connectivity index (χ3n) is 1.15. The fourth-order valence-electron chi connectivity index (χ4n) is 0.646. The molecule has 0 spiro atoms. The van der Waals surface area contributed by atoms with Crippen LogP contribution in [-0.4, -0.2) is 4.98 Å². The van der Waals surface area contributed by atoms with Crippen molar-refractivity contribution in [2.75, 3.05) is 0 Å². The smallest absolute Gasteiger partial charge is 0.129 e. The molecule has 52 valence electrons. The molecule has 0 atom stereocenters. The summed E-state index contributed by atoms with van der Waals surface area (Å²) in [5, 5.41) is 0.514. The SMILES string of the molecule is C=C(C)c1cccc(Cl)n1. The minimum Gasteiger partial charge on any atom is -0.236 e. The molecular formula is C8H8ClN. The van der Waals surface area contributed by atoms with Gasteiger partial charge in [0.15, 0.2) is 0 Å². The number of aromatic nitrogens is 1. The second-order valence-electron chi connectivity index (χ2n) is 2.13. The van der Waals surface area contributed by atoms with Crippen LogP contribution in [0.1, 0.15) is 12.6 Å². The van der Waals surface area contributed by atoms with E-state index in [2.05, 4.69) is 11.6 Å². The van der Waals surface area contributed by atoms with Crippen molar-refractivity contribution in [3.05, 3.63) is 35.6 Å². The summed E-state index contributed by atoms with van der Waals surface area (Å²) in [7, 11) is 0. The second kappa shape index (κ2) is 2.84. The molecule has 0 aliphatic carbocycles. The van der Waals surface area contributed by atoms with Gasteiger partial charge >= 0.3 is 0 Å². The van der Waals surface area contributed by atoms with Crippen LogP contribution >= 0.6 is 11.6 Å². The highest BCUT2D eigenvalue weighted by Gasteiger charge is 1.93. The van der Waals surface area contributed by atoms with Crippen molar-refractivity contribution in [1.29, 1.82) is 0 Å². The molecule has 2 heteroatoms. The Hall–Kier alpha value is -0.820. The predicted octanol–water partition coefficient (Wildman–Crippen LogP) is 2.77. The van der Waals surface area contributed by atoms with E-state index in [-0.39, 0.29) is 0 Å². The first-order valence-corrected chi connectivity index (χ1v) is 3.36. The van der Waals surface area contributed by atoms with Gasteiger partial charge in [0.05, 0.1) is 5.69 Å². The highest BCUT2D eigenvalue weighted by Crippen LogP contribution is 2.11. The van der Waals surface area contributed by atoms with Crippen LogP contribution in [0.3, 0.4) is 0 Å². The Morgan fingerprint density at radius 1 is 1.60 bits per heavy atom. The topological polar surface area (TPSA) is 12.9 Å². The lowest BCUT2D eigenvalue weighted by molar-refractivity contribution is 1.27. The molecule has 0 unspecified atom stereocenters. The molecule has 0 fully saturated rings. The molecule has 0 N–H and O–H groups in total.